The average Bonchev–Trinajstić information content (AvgIpc) is 2.96. The van der Waals surface area contributed by atoms with Gasteiger partial charge in [-0.25, -0.2) is 4.99 Å². The van der Waals surface area contributed by atoms with Gasteiger partial charge in [-0.15, -0.1) is 0 Å². The first-order valence-electron chi connectivity index (χ1n) is 10.1. The van der Waals surface area contributed by atoms with Crippen molar-refractivity contribution in [3.05, 3.63) is 76.1 Å². The number of aliphatic imine (C=N–C) groups is 1. The van der Waals surface area contributed by atoms with Crippen molar-refractivity contribution in [2.45, 2.75) is 34.2 Å². The lowest BCUT2D eigenvalue weighted by atomic mass is 10.1. The summed E-state index contributed by atoms with van der Waals surface area (Å²) in [5.74, 6) is 0.851. The quantitative estimate of drug-likeness (QED) is 0.483. The van der Waals surface area contributed by atoms with Gasteiger partial charge in [0.2, 0.25) is 5.96 Å². The van der Waals surface area contributed by atoms with E-state index in [1.54, 1.807) is 7.11 Å². The van der Waals surface area contributed by atoms with Crippen LogP contribution in [0.3, 0.4) is 0 Å². The molecule has 0 spiro atoms. The fourth-order valence-corrected chi connectivity index (χ4v) is 3.44. The largest absolute Gasteiger partial charge is 0.497 e. The molecule has 3 rings (SSSR count). The zero-order valence-electron chi connectivity index (χ0n) is 18.9. The van der Waals surface area contributed by atoms with Gasteiger partial charge < -0.3 is 10.1 Å². The van der Waals surface area contributed by atoms with E-state index in [2.05, 4.69) is 20.7 Å². The van der Waals surface area contributed by atoms with Gasteiger partial charge in [-0.2, -0.15) is 5.10 Å². The van der Waals surface area contributed by atoms with Gasteiger partial charge in [0, 0.05) is 35.6 Å². The Kier molecular flexibility index (Phi) is 6.74. The smallest absolute Gasteiger partial charge is 0.257 e. The van der Waals surface area contributed by atoms with E-state index in [-0.39, 0.29) is 5.91 Å². The summed E-state index contributed by atoms with van der Waals surface area (Å²) in [7, 11) is 3.52. The van der Waals surface area contributed by atoms with Crippen LogP contribution < -0.4 is 15.4 Å². The van der Waals surface area contributed by atoms with Gasteiger partial charge in [-0.1, -0.05) is 23.3 Å². The van der Waals surface area contributed by atoms with Crippen LogP contribution in [0.5, 0.6) is 5.75 Å². The maximum Gasteiger partial charge on any atom is 0.257 e. The number of methoxy groups -OCH3 is 1. The fourth-order valence-electron chi connectivity index (χ4n) is 3.44. The number of hydrogen-bond acceptors (Lipinski definition) is 4. The van der Waals surface area contributed by atoms with Crippen LogP contribution in [0.25, 0.3) is 0 Å². The third-order valence-electron chi connectivity index (χ3n) is 5.10. The standard InChI is InChI=1S/C24H29N5O2/c1-15-10-16(2)12-19(11-15)23(30)27-24(26-20-8-7-9-21(13-20)31-6)25-14-22-17(3)28-29(5)18(22)4/h7-13H,14H2,1-6H3,(H2,25,26,27,30). The molecular weight excluding hydrogens is 390 g/mol. The molecule has 1 aromatic heterocycles. The molecule has 0 aliphatic rings. The van der Waals surface area contributed by atoms with E-state index >= 15 is 0 Å². The minimum absolute atomic E-state index is 0.222. The van der Waals surface area contributed by atoms with Gasteiger partial charge in [0.25, 0.3) is 5.91 Å². The molecule has 1 amide bonds. The highest BCUT2D eigenvalue weighted by atomic mass is 16.5. The fraction of sp³-hybridized carbons (Fsp3) is 0.292. The number of benzene rings is 2. The van der Waals surface area contributed by atoms with Crippen molar-refractivity contribution in [2.75, 3.05) is 12.4 Å². The lowest BCUT2D eigenvalue weighted by molar-refractivity contribution is 0.0976. The summed E-state index contributed by atoms with van der Waals surface area (Å²) in [6.45, 7) is 8.31. The van der Waals surface area contributed by atoms with Crippen molar-refractivity contribution in [2.24, 2.45) is 12.0 Å². The molecule has 7 heteroatoms. The van der Waals surface area contributed by atoms with E-state index in [1.807, 2.05) is 81.9 Å². The number of aryl methyl sites for hydroxylation is 4. The van der Waals surface area contributed by atoms with Crippen molar-refractivity contribution >= 4 is 17.6 Å². The summed E-state index contributed by atoms with van der Waals surface area (Å²) in [5.41, 5.74) is 6.42. The van der Waals surface area contributed by atoms with Gasteiger partial charge in [0.15, 0.2) is 0 Å². The number of aromatic nitrogens is 2. The molecule has 0 unspecified atom stereocenters. The van der Waals surface area contributed by atoms with Crippen LogP contribution in [-0.4, -0.2) is 28.8 Å². The van der Waals surface area contributed by atoms with Crippen molar-refractivity contribution in [3.8, 4) is 5.75 Å². The number of guanidine groups is 1. The zero-order valence-corrected chi connectivity index (χ0v) is 18.9. The van der Waals surface area contributed by atoms with Crippen LogP contribution in [0, 0.1) is 27.7 Å². The highest BCUT2D eigenvalue weighted by Gasteiger charge is 2.13. The van der Waals surface area contributed by atoms with Gasteiger partial charge >= 0.3 is 0 Å². The molecule has 0 saturated heterocycles. The molecule has 3 aromatic rings. The van der Waals surface area contributed by atoms with Crippen molar-refractivity contribution in [1.29, 1.82) is 0 Å². The first-order valence-corrected chi connectivity index (χ1v) is 10.1. The van der Waals surface area contributed by atoms with E-state index in [9.17, 15) is 4.79 Å². The summed E-state index contributed by atoms with van der Waals surface area (Å²) in [5, 5.41) is 10.6. The first kappa shape index (κ1) is 22.1. The maximum absolute atomic E-state index is 12.9. The third-order valence-corrected chi connectivity index (χ3v) is 5.10. The van der Waals surface area contributed by atoms with Gasteiger partial charge in [-0.05, 0) is 52.0 Å². The molecule has 0 aliphatic heterocycles. The summed E-state index contributed by atoms with van der Waals surface area (Å²) in [6.07, 6.45) is 0. The number of anilines is 1. The third kappa shape index (κ3) is 5.51. The minimum atomic E-state index is -0.222. The van der Waals surface area contributed by atoms with Crippen LogP contribution in [0.1, 0.15) is 38.4 Å². The molecule has 0 bridgehead atoms. The van der Waals surface area contributed by atoms with Crippen LogP contribution >= 0.6 is 0 Å². The highest BCUT2D eigenvalue weighted by Crippen LogP contribution is 2.18. The Hall–Kier alpha value is -3.61. The predicted octanol–water partition coefficient (Wildman–Crippen LogP) is 4.06. The lowest BCUT2D eigenvalue weighted by Crippen LogP contribution is -2.36. The zero-order chi connectivity index (χ0) is 22.5. The molecule has 0 aliphatic carbocycles. The van der Waals surface area contributed by atoms with Gasteiger partial charge in [0.1, 0.15) is 5.75 Å². The van der Waals surface area contributed by atoms with Crippen molar-refractivity contribution in [1.82, 2.24) is 15.1 Å². The molecule has 0 fully saturated rings. The summed E-state index contributed by atoms with van der Waals surface area (Å²) in [4.78, 5) is 17.6. The Bertz CT molecular complexity index is 1110. The Labute approximate surface area is 183 Å². The first-order chi connectivity index (χ1) is 14.8. The molecular formula is C24H29N5O2. The Morgan fingerprint density at radius 2 is 1.81 bits per heavy atom. The maximum atomic E-state index is 12.9. The highest BCUT2D eigenvalue weighted by molar-refractivity contribution is 6.10. The second kappa shape index (κ2) is 9.47. The summed E-state index contributed by atoms with van der Waals surface area (Å²) < 4.78 is 7.14. The average molecular weight is 420 g/mol. The molecule has 0 saturated carbocycles. The molecule has 162 valence electrons. The predicted molar refractivity (Wildman–Crippen MR) is 124 cm³/mol. The molecule has 2 N–H and O–H groups in total. The van der Waals surface area contributed by atoms with Crippen LogP contribution in [0.15, 0.2) is 47.5 Å². The SMILES string of the molecule is COc1cccc(NC(=NCc2c(C)nn(C)c2C)NC(=O)c2cc(C)cc(C)c2)c1. The van der Waals surface area contributed by atoms with Crippen LogP contribution in [0.2, 0.25) is 0 Å². The number of carbonyl (C=O) groups excluding carboxylic acids is 1. The topological polar surface area (TPSA) is 80.5 Å². The number of hydrogen-bond donors (Lipinski definition) is 2. The van der Waals surface area contributed by atoms with Crippen LogP contribution in [0.4, 0.5) is 5.69 Å². The second-order valence-corrected chi connectivity index (χ2v) is 7.63. The van der Waals surface area contributed by atoms with E-state index in [0.717, 1.165) is 33.8 Å². The Morgan fingerprint density at radius 3 is 2.42 bits per heavy atom. The number of nitrogens with one attached hydrogen (secondary N) is 2. The van der Waals surface area contributed by atoms with E-state index < -0.39 is 0 Å². The molecule has 0 radical (unpaired) electrons. The molecule has 1 heterocycles. The summed E-state index contributed by atoms with van der Waals surface area (Å²) in [6, 6.07) is 13.2. The number of ether oxygens (including phenoxy) is 1. The summed E-state index contributed by atoms with van der Waals surface area (Å²) >= 11 is 0. The number of amides is 1. The Morgan fingerprint density at radius 1 is 1.10 bits per heavy atom. The molecule has 2 aromatic carbocycles. The van der Waals surface area contributed by atoms with Crippen LogP contribution in [-0.2, 0) is 13.6 Å². The molecule has 7 nitrogen and oxygen atoms in total. The van der Waals surface area contributed by atoms with Crippen molar-refractivity contribution in [3.63, 3.8) is 0 Å². The second-order valence-electron chi connectivity index (χ2n) is 7.63. The number of nitrogens with zero attached hydrogens (tertiary/aromatic N) is 3. The lowest BCUT2D eigenvalue weighted by Gasteiger charge is -2.13. The normalized spacial score (nSPS) is 11.4. The van der Waals surface area contributed by atoms with E-state index in [1.165, 1.54) is 0 Å². The molecule has 31 heavy (non-hydrogen) atoms. The number of carbonyl (C=O) groups is 1. The minimum Gasteiger partial charge on any atom is -0.497 e. The molecule has 0 atom stereocenters. The van der Waals surface area contributed by atoms with Gasteiger partial charge in [-0.3, -0.25) is 14.8 Å². The van der Waals surface area contributed by atoms with E-state index in [0.29, 0.717) is 23.8 Å². The monoisotopic (exact) mass is 419 g/mol. The van der Waals surface area contributed by atoms with E-state index in [4.69, 9.17) is 4.74 Å². The van der Waals surface area contributed by atoms with Crippen molar-refractivity contribution < 1.29 is 9.53 Å². The Balaban J connectivity index is 1.89. The number of rotatable bonds is 5. The van der Waals surface area contributed by atoms with Gasteiger partial charge in [0.05, 0.1) is 19.3 Å².